The third kappa shape index (κ3) is 3.03. The van der Waals surface area contributed by atoms with Crippen LogP contribution in [-0.2, 0) is 14.6 Å². The van der Waals surface area contributed by atoms with Gasteiger partial charge in [0.2, 0.25) is 5.91 Å². The van der Waals surface area contributed by atoms with Crippen molar-refractivity contribution >= 4 is 15.7 Å². The molecule has 2 atom stereocenters. The molecule has 0 aromatic heterocycles. The summed E-state index contributed by atoms with van der Waals surface area (Å²) in [6, 6.07) is 0.250. The average molecular weight is 274 g/mol. The van der Waals surface area contributed by atoms with Gasteiger partial charge >= 0.3 is 0 Å². The Morgan fingerprint density at radius 1 is 1.39 bits per heavy atom. The van der Waals surface area contributed by atoms with E-state index in [0.717, 1.165) is 25.9 Å². The van der Waals surface area contributed by atoms with E-state index in [2.05, 4.69) is 5.32 Å². The lowest BCUT2D eigenvalue weighted by Gasteiger charge is -2.44. The van der Waals surface area contributed by atoms with Crippen molar-refractivity contribution in [1.82, 2.24) is 10.2 Å². The third-order valence-electron chi connectivity index (χ3n) is 4.10. The zero-order valence-corrected chi connectivity index (χ0v) is 11.7. The summed E-state index contributed by atoms with van der Waals surface area (Å²) in [6.45, 7) is 3.90. The van der Waals surface area contributed by atoms with Crippen LogP contribution >= 0.6 is 0 Å². The lowest BCUT2D eigenvalue weighted by Crippen LogP contribution is -2.56. The molecule has 2 aliphatic heterocycles. The van der Waals surface area contributed by atoms with Crippen LogP contribution in [0.15, 0.2) is 0 Å². The number of rotatable bonds is 4. The number of carbonyl (C=O) groups excluding carboxylic acids is 1. The number of piperidine rings is 2. The van der Waals surface area contributed by atoms with Crippen LogP contribution in [0, 0.1) is 5.92 Å². The lowest BCUT2D eigenvalue weighted by atomic mass is 9.84. The summed E-state index contributed by atoms with van der Waals surface area (Å²) < 4.78 is 23.1. The second kappa shape index (κ2) is 5.57. The van der Waals surface area contributed by atoms with Crippen molar-refractivity contribution < 1.29 is 13.2 Å². The summed E-state index contributed by atoms with van der Waals surface area (Å²) in [4.78, 5) is 13.8. The monoisotopic (exact) mass is 274 g/mol. The molecular weight excluding hydrogens is 252 g/mol. The molecule has 2 saturated heterocycles. The predicted octanol–water partition coefficient (Wildman–Crippen LogP) is 0.0216. The van der Waals surface area contributed by atoms with Crippen LogP contribution in [0.25, 0.3) is 0 Å². The Balaban J connectivity index is 2.01. The van der Waals surface area contributed by atoms with Crippen molar-refractivity contribution in [3.8, 4) is 0 Å². The molecule has 6 heteroatoms. The molecule has 2 aliphatic rings. The van der Waals surface area contributed by atoms with E-state index in [1.54, 1.807) is 6.92 Å². The van der Waals surface area contributed by atoms with Crippen LogP contribution in [0.3, 0.4) is 0 Å². The molecule has 2 unspecified atom stereocenters. The predicted molar refractivity (Wildman–Crippen MR) is 70.0 cm³/mol. The normalized spacial score (nSPS) is 29.2. The molecule has 0 aromatic rings. The lowest BCUT2D eigenvalue weighted by molar-refractivity contribution is -0.139. The highest BCUT2D eigenvalue weighted by Gasteiger charge is 2.37. The van der Waals surface area contributed by atoms with Gasteiger partial charge in [-0.2, -0.15) is 0 Å². The SMILES string of the molecule is CCS(=O)(=O)CCN1C(=O)CCC2CNCCC21. The zero-order valence-electron chi connectivity index (χ0n) is 10.9. The molecule has 0 bridgehead atoms. The fourth-order valence-corrected chi connectivity index (χ4v) is 3.69. The van der Waals surface area contributed by atoms with E-state index in [1.165, 1.54) is 0 Å². The van der Waals surface area contributed by atoms with Crippen LogP contribution in [0.2, 0.25) is 0 Å². The van der Waals surface area contributed by atoms with Crippen molar-refractivity contribution in [3.05, 3.63) is 0 Å². The first-order valence-electron chi connectivity index (χ1n) is 6.74. The molecule has 1 N–H and O–H groups in total. The quantitative estimate of drug-likeness (QED) is 0.785. The third-order valence-corrected chi connectivity index (χ3v) is 5.78. The van der Waals surface area contributed by atoms with E-state index in [-0.39, 0.29) is 23.5 Å². The van der Waals surface area contributed by atoms with Crippen LogP contribution in [0.1, 0.15) is 26.2 Å². The van der Waals surface area contributed by atoms with Crippen LogP contribution in [-0.4, -0.2) is 56.4 Å². The second-order valence-corrected chi connectivity index (χ2v) is 7.66. The van der Waals surface area contributed by atoms with E-state index >= 15 is 0 Å². The molecule has 2 heterocycles. The molecule has 5 nitrogen and oxygen atoms in total. The maximum atomic E-state index is 12.0. The number of hydrogen-bond donors (Lipinski definition) is 1. The Morgan fingerprint density at radius 2 is 2.17 bits per heavy atom. The molecule has 0 spiro atoms. The molecule has 0 aromatic carbocycles. The van der Waals surface area contributed by atoms with Crippen molar-refractivity contribution in [2.24, 2.45) is 5.92 Å². The van der Waals surface area contributed by atoms with Crippen molar-refractivity contribution in [2.45, 2.75) is 32.2 Å². The topological polar surface area (TPSA) is 66.5 Å². The summed E-state index contributed by atoms with van der Waals surface area (Å²) in [5.41, 5.74) is 0. The fraction of sp³-hybridized carbons (Fsp3) is 0.917. The Bertz CT molecular complexity index is 408. The highest BCUT2D eigenvalue weighted by molar-refractivity contribution is 7.91. The largest absolute Gasteiger partial charge is 0.338 e. The Labute approximate surface area is 109 Å². The molecule has 2 fully saturated rings. The second-order valence-electron chi connectivity index (χ2n) is 5.18. The Kier molecular flexibility index (Phi) is 4.27. The first-order valence-corrected chi connectivity index (χ1v) is 8.56. The van der Waals surface area contributed by atoms with Crippen molar-refractivity contribution in [2.75, 3.05) is 31.1 Å². The molecular formula is C12H22N2O3S. The highest BCUT2D eigenvalue weighted by Crippen LogP contribution is 2.28. The van der Waals surface area contributed by atoms with Gasteiger partial charge in [0.15, 0.2) is 9.84 Å². The molecule has 1 amide bonds. The van der Waals surface area contributed by atoms with Gasteiger partial charge in [-0.25, -0.2) is 8.42 Å². The summed E-state index contributed by atoms with van der Waals surface area (Å²) in [5.74, 6) is 0.890. The number of nitrogens with zero attached hydrogens (tertiary/aromatic N) is 1. The number of nitrogens with one attached hydrogen (secondary N) is 1. The zero-order chi connectivity index (χ0) is 13.2. The van der Waals surface area contributed by atoms with Gasteiger partial charge in [-0.3, -0.25) is 4.79 Å². The minimum absolute atomic E-state index is 0.103. The molecule has 0 saturated carbocycles. The summed E-state index contributed by atoms with van der Waals surface area (Å²) in [7, 11) is -2.99. The molecule has 18 heavy (non-hydrogen) atoms. The van der Waals surface area contributed by atoms with Crippen LogP contribution < -0.4 is 5.32 Å². The van der Waals surface area contributed by atoms with Gasteiger partial charge in [0.1, 0.15) is 0 Å². The molecule has 0 radical (unpaired) electrons. The molecule has 0 aliphatic carbocycles. The number of likely N-dealkylation sites (tertiary alicyclic amines) is 1. The van der Waals surface area contributed by atoms with Crippen LogP contribution in [0.5, 0.6) is 0 Å². The van der Waals surface area contributed by atoms with Crippen molar-refractivity contribution in [1.29, 1.82) is 0 Å². The smallest absolute Gasteiger partial charge is 0.222 e. The van der Waals surface area contributed by atoms with E-state index < -0.39 is 9.84 Å². The van der Waals surface area contributed by atoms with E-state index in [9.17, 15) is 13.2 Å². The minimum atomic E-state index is -2.99. The van der Waals surface area contributed by atoms with Gasteiger partial charge in [-0.1, -0.05) is 6.92 Å². The maximum Gasteiger partial charge on any atom is 0.222 e. The first-order chi connectivity index (χ1) is 8.53. The van der Waals surface area contributed by atoms with Gasteiger partial charge < -0.3 is 10.2 Å². The van der Waals surface area contributed by atoms with Gasteiger partial charge in [0.25, 0.3) is 0 Å². The molecule has 2 rings (SSSR count). The van der Waals surface area contributed by atoms with Gasteiger partial charge in [-0.15, -0.1) is 0 Å². The van der Waals surface area contributed by atoms with Gasteiger partial charge in [0, 0.05) is 24.8 Å². The summed E-state index contributed by atoms with van der Waals surface area (Å²) >= 11 is 0. The molecule has 104 valence electrons. The van der Waals surface area contributed by atoms with Crippen LogP contribution in [0.4, 0.5) is 0 Å². The first kappa shape index (κ1) is 13.8. The Hall–Kier alpha value is -0.620. The number of hydrogen-bond acceptors (Lipinski definition) is 4. The van der Waals surface area contributed by atoms with E-state index in [4.69, 9.17) is 0 Å². The number of sulfone groups is 1. The maximum absolute atomic E-state index is 12.0. The Morgan fingerprint density at radius 3 is 2.89 bits per heavy atom. The minimum Gasteiger partial charge on any atom is -0.338 e. The summed E-state index contributed by atoms with van der Waals surface area (Å²) in [5, 5.41) is 3.35. The van der Waals surface area contributed by atoms with Gasteiger partial charge in [0.05, 0.1) is 5.75 Å². The highest BCUT2D eigenvalue weighted by atomic mass is 32.2. The summed E-state index contributed by atoms with van der Waals surface area (Å²) in [6.07, 6.45) is 2.45. The number of amides is 1. The van der Waals surface area contributed by atoms with Crippen molar-refractivity contribution in [3.63, 3.8) is 0 Å². The van der Waals surface area contributed by atoms with E-state index in [1.807, 2.05) is 4.90 Å². The number of fused-ring (bicyclic) bond motifs is 1. The van der Waals surface area contributed by atoms with Gasteiger partial charge in [-0.05, 0) is 31.8 Å². The fourth-order valence-electron chi connectivity index (χ4n) is 2.92. The van der Waals surface area contributed by atoms with E-state index in [0.29, 0.717) is 18.9 Å². The average Bonchev–Trinajstić information content (AvgIpc) is 2.37. The number of carbonyl (C=O) groups is 1. The standard InChI is InChI=1S/C12H22N2O3S/c1-2-18(16,17)8-7-14-11-5-6-13-9-10(11)3-4-12(14)15/h10-11,13H,2-9H2,1H3.